The lowest BCUT2D eigenvalue weighted by Gasteiger charge is -2.26. The molecule has 0 bridgehead atoms. The number of allylic oxidation sites excluding steroid dienone is 3. The first-order valence-electron chi connectivity index (χ1n) is 5.83. The maximum Gasteiger partial charge on any atom is 0.0435 e. The van der Waals surface area contributed by atoms with Crippen molar-refractivity contribution in [1.29, 1.82) is 0 Å². The Bertz CT molecular complexity index is 425. The summed E-state index contributed by atoms with van der Waals surface area (Å²) < 4.78 is 0. The van der Waals surface area contributed by atoms with E-state index in [0.29, 0.717) is 17.8 Å². The van der Waals surface area contributed by atoms with E-state index in [-0.39, 0.29) is 0 Å². The van der Waals surface area contributed by atoms with Crippen LogP contribution in [0, 0.1) is 0 Å². The summed E-state index contributed by atoms with van der Waals surface area (Å²) in [6.07, 6.45) is 1.89. The van der Waals surface area contributed by atoms with Crippen molar-refractivity contribution < 1.29 is 0 Å². The average molecular weight is 247 g/mol. The Kier molecular flexibility index (Phi) is 6.20. The molecule has 0 radical (unpaired) electrons. The minimum Gasteiger partial charge on any atom is -0.399 e. The summed E-state index contributed by atoms with van der Waals surface area (Å²) in [5.74, 6) is 0. The van der Waals surface area contributed by atoms with Gasteiger partial charge in [0.1, 0.15) is 0 Å². The van der Waals surface area contributed by atoms with E-state index in [9.17, 15) is 0 Å². The first-order chi connectivity index (χ1) is 8.22. The standard InChI is InChI=1S/C15H25N3/c1-10(2)15(8-11(3)13(5)17)18(7)14(6)12(4)9-16/h8H,1,3,5,9,16-17H2,2,4,6-7H3/b14-12+,15-8-. The van der Waals surface area contributed by atoms with Crippen molar-refractivity contribution in [2.45, 2.75) is 20.8 Å². The normalized spacial score (nSPS) is 12.8. The Morgan fingerprint density at radius 3 is 2.00 bits per heavy atom. The molecule has 0 aromatic heterocycles. The van der Waals surface area contributed by atoms with Crippen LogP contribution in [-0.2, 0) is 0 Å². The molecule has 0 aliphatic heterocycles. The zero-order valence-corrected chi connectivity index (χ0v) is 12.0. The van der Waals surface area contributed by atoms with Gasteiger partial charge in [0.25, 0.3) is 0 Å². The molecule has 0 heterocycles. The molecule has 0 aliphatic rings. The SMILES string of the molecule is C=C(N)C(=C)/C=C(/C(=C)C)N(C)/C(C)=C(\C)CN. The van der Waals surface area contributed by atoms with Gasteiger partial charge in [-0.15, -0.1) is 0 Å². The van der Waals surface area contributed by atoms with Crippen LogP contribution in [0.5, 0.6) is 0 Å². The van der Waals surface area contributed by atoms with E-state index in [4.69, 9.17) is 11.5 Å². The molecule has 0 aromatic rings. The van der Waals surface area contributed by atoms with Crippen LogP contribution in [0.3, 0.4) is 0 Å². The Morgan fingerprint density at radius 1 is 1.17 bits per heavy atom. The fourth-order valence-corrected chi connectivity index (χ4v) is 1.38. The Morgan fingerprint density at radius 2 is 1.67 bits per heavy atom. The van der Waals surface area contributed by atoms with E-state index in [0.717, 1.165) is 22.5 Å². The van der Waals surface area contributed by atoms with Crippen LogP contribution in [0.25, 0.3) is 0 Å². The first kappa shape index (κ1) is 16.3. The second kappa shape index (κ2) is 6.87. The van der Waals surface area contributed by atoms with Gasteiger partial charge in [-0.05, 0) is 43.6 Å². The van der Waals surface area contributed by atoms with Crippen molar-refractivity contribution in [3.8, 4) is 0 Å². The summed E-state index contributed by atoms with van der Waals surface area (Å²) in [7, 11) is 1.97. The molecule has 3 heteroatoms. The fraction of sp³-hybridized carbons (Fsp3) is 0.333. The summed E-state index contributed by atoms with van der Waals surface area (Å²) in [5.41, 5.74) is 16.6. The summed E-state index contributed by atoms with van der Waals surface area (Å²) in [4.78, 5) is 2.04. The van der Waals surface area contributed by atoms with Crippen LogP contribution in [-0.4, -0.2) is 18.5 Å². The largest absolute Gasteiger partial charge is 0.399 e. The van der Waals surface area contributed by atoms with Gasteiger partial charge in [-0.25, -0.2) is 0 Å². The summed E-state index contributed by atoms with van der Waals surface area (Å²) in [5, 5.41) is 0. The predicted molar refractivity (Wildman–Crippen MR) is 80.6 cm³/mol. The minimum absolute atomic E-state index is 0.458. The van der Waals surface area contributed by atoms with Gasteiger partial charge in [-0.2, -0.15) is 0 Å². The summed E-state index contributed by atoms with van der Waals surface area (Å²) in [6, 6.07) is 0. The van der Waals surface area contributed by atoms with Gasteiger partial charge in [-0.3, -0.25) is 0 Å². The quantitative estimate of drug-likeness (QED) is 0.709. The van der Waals surface area contributed by atoms with Crippen molar-refractivity contribution in [2.24, 2.45) is 11.5 Å². The molecule has 0 saturated heterocycles. The number of hydrogen-bond acceptors (Lipinski definition) is 3. The highest BCUT2D eigenvalue weighted by molar-refractivity contribution is 5.41. The molecule has 4 N–H and O–H groups in total. The summed E-state index contributed by atoms with van der Waals surface area (Å²) >= 11 is 0. The van der Waals surface area contributed by atoms with Crippen molar-refractivity contribution in [1.82, 2.24) is 4.90 Å². The van der Waals surface area contributed by atoms with Gasteiger partial charge in [-0.1, -0.05) is 19.7 Å². The monoisotopic (exact) mass is 247 g/mol. The average Bonchev–Trinajstić information content (AvgIpc) is 2.32. The maximum atomic E-state index is 5.66. The molecular formula is C15H25N3. The summed E-state index contributed by atoms with van der Waals surface area (Å²) in [6.45, 7) is 18.0. The molecule has 0 saturated carbocycles. The topological polar surface area (TPSA) is 55.3 Å². The van der Waals surface area contributed by atoms with Crippen LogP contribution in [0.15, 0.2) is 59.6 Å². The number of likely N-dealkylation sites (N-methyl/N-ethyl adjacent to an activating group) is 1. The second-order valence-corrected chi connectivity index (χ2v) is 4.49. The van der Waals surface area contributed by atoms with E-state index in [1.807, 2.05) is 38.8 Å². The number of hydrogen-bond donors (Lipinski definition) is 2. The number of rotatable bonds is 6. The molecule has 0 rings (SSSR count). The van der Waals surface area contributed by atoms with Crippen LogP contribution in [0.2, 0.25) is 0 Å². The van der Waals surface area contributed by atoms with Gasteiger partial charge < -0.3 is 16.4 Å². The van der Waals surface area contributed by atoms with Crippen molar-refractivity contribution in [3.63, 3.8) is 0 Å². The molecule has 0 amide bonds. The third-order valence-corrected chi connectivity index (χ3v) is 2.95. The van der Waals surface area contributed by atoms with Crippen LogP contribution in [0.4, 0.5) is 0 Å². The Labute approximate surface area is 111 Å². The van der Waals surface area contributed by atoms with Crippen LogP contribution < -0.4 is 11.5 Å². The smallest absolute Gasteiger partial charge is 0.0435 e. The maximum absolute atomic E-state index is 5.66. The zero-order chi connectivity index (χ0) is 14.5. The minimum atomic E-state index is 0.458. The van der Waals surface area contributed by atoms with E-state index < -0.39 is 0 Å². The molecule has 0 spiro atoms. The molecule has 0 aliphatic carbocycles. The highest BCUT2D eigenvalue weighted by Gasteiger charge is 2.10. The van der Waals surface area contributed by atoms with Gasteiger partial charge in [0.05, 0.1) is 0 Å². The molecule has 0 aromatic carbocycles. The first-order valence-corrected chi connectivity index (χ1v) is 5.83. The second-order valence-electron chi connectivity index (χ2n) is 4.49. The third kappa shape index (κ3) is 4.26. The van der Waals surface area contributed by atoms with Gasteiger partial charge in [0, 0.05) is 30.7 Å². The molecule has 0 fully saturated rings. The lowest BCUT2D eigenvalue weighted by Crippen LogP contribution is -2.20. The van der Waals surface area contributed by atoms with Crippen LogP contribution in [0.1, 0.15) is 20.8 Å². The van der Waals surface area contributed by atoms with Crippen LogP contribution >= 0.6 is 0 Å². The highest BCUT2D eigenvalue weighted by atomic mass is 15.1. The Hall–Kier alpha value is -1.74. The highest BCUT2D eigenvalue weighted by Crippen LogP contribution is 2.21. The van der Waals surface area contributed by atoms with E-state index in [2.05, 4.69) is 19.7 Å². The predicted octanol–water partition coefficient (Wildman–Crippen LogP) is 2.66. The third-order valence-electron chi connectivity index (χ3n) is 2.95. The molecule has 0 unspecified atom stereocenters. The number of nitrogens with two attached hydrogens (primary N) is 2. The van der Waals surface area contributed by atoms with E-state index >= 15 is 0 Å². The van der Waals surface area contributed by atoms with E-state index in [1.165, 1.54) is 0 Å². The van der Waals surface area contributed by atoms with E-state index in [1.54, 1.807) is 0 Å². The Balaban J connectivity index is 5.47. The lowest BCUT2D eigenvalue weighted by atomic mass is 10.1. The molecule has 3 nitrogen and oxygen atoms in total. The molecule has 18 heavy (non-hydrogen) atoms. The van der Waals surface area contributed by atoms with Gasteiger partial charge >= 0.3 is 0 Å². The van der Waals surface area contributed by atoms with Crippen molar-refractivity contribution in [2.75, 3.05) is 13.6 Å². The van der Waals surface area contributed by atoms with Gasteiger partial charge in [0.15, 0.2) is 0 Å². The number of nitrogens with zero attached hydrogens (tertiary/aromatic N) is 1. The van der Waals surface area contributed by atoms with Crippen molar-refractivity contribution in [3.05, 3.63) is 59.6 Å². The zero-order valence-electron chi connectivity index (χ0n) is 12.0. The van der Waals surface area contributed by atoms with Crippen molar-refractivity contribution >= 4 is 0 Å². The molecule has 100 valence electrons. The fourth-order valence-electron chi connectivity index (χ4n) is 1.38. The molecular weight excluding hydrogens is 222 g/mol. The lowest BCUT2D eigenvalue weighted by molar-refractivity contribution is 0.520. The van der Waals surface area contributed by atoms with Gasteiger partial charge in [0.2, 0.25) is 0 Å². The molecule has 0 atom stereocenters.